The van der Waals surface area contributed by atoms with Gasteiger partial charge >= 0.3 is 0 Å². The van der Waals surface area contributed by atoms with Gasteiger partial charge in [-0.15, -0.1) is 0 Å². The van der Waals surface area contributed by atoms with Crippen LogP contribution in [-0.2, 0) is 9.53 Å². The van der Waals surface area contributed by atoms with Gasteiger partial charge in [0.1, 0.15) is 0 Å². The van der Waals surface area contributed by atoms with Gasteiger partial charge in [0.2, 0.25) is 0 Å². The van der Waals surface area contributed by atoms with E-state index in [-0.39, 0.29) is 5.78 Å². The van der Waals surface area contributed by atoms with Crippen LogP contribution in [0.2, 0.25) is 0 Å². The highest BCUT2D eigenvalue weighted by Crippen LogP contribution is 2.13. The second kappa shape index (κ2) is 4.20. The lowest BCUT2D eigenvalue weighted by Crippen LogP contribution is -2.18. The zero-order valence-corrected chi connectivity index (χ0v) is 7.90. The molecule has 1 saturated heterocycles. The minimum Gasteiger partial charge on any atom is -0.376 e. The number of Topliss-reactive ketones (excluding diaryl/α,β-unsaturated/α-hetero) is 1. The maximum Gasteiger partial charge on any atom is 0.163 e. The van der Waals surface area contributed by atoms with Gasteiger partial charge in [0.05, 0.1) is 13.2 Å². The molecule has 0 amide bonds. The van der Waals surface area contributed by atoms with E-state index in [0.717, 1.165) is 11.1 Å². The fourth-order valence-corrected chi connectivity index (χ4v) is 1.46. The Morgan fingerprint density at radius 2 is 2.00 bits per heavy atom. The third-order valence-corrected chi connectivity index (χ3v) is 2.23. The van der Waals surface area contributed by atoms with Gasteiger partial charge in [-0.3, -0.25) is 4.79 Å². The first-order valence-corrected chi connectivity index (χ1v) is 4.73. The van der Waals surface area contributed by atoms with Gasteiger partial charge in [0.25, 0.3) is 0 Å². The number of rotatable bonds is 1. The second-order valence-electron chi connectivity index (χ2n) is 3.31. The lowest BCUT2D eigenvalue weighted by molar-refractivity contribution is -0.119. The third kappa shape index (κ3) is 2.09. The minimum absolute atomic E-state index is 0.208. The zero-order valence-electron chi connectivity index (χ0n) is 7.90. The Bertz CT molecular complexity index is 352. The van der Waals surface area contributed by atoms with E-state index in [0.29, 0.717) is 19.6 Å². The third-order valence-electron chi connectivity index (χ3n) is 2.23. The maximum atomic E-state index is 11.5. The smallest absolute Gasteiger partial charge is 0.163 e. The number of carbonyl (C=O) groups excluding carboxylic acids is 1. The van der Waals surface area contributed by atoms with Gasteiger partial charge < -0.3 is 4.74 Å². The Kier molecular flexibility index (Phi) is 2.75. The molecule has 1 aromatic carbocycles. The van der Waals surface area contributed by atoms with Crippen LogP contribution >= 0.6 is 0 Å². The summed E-state index contributed by atoms with van der Waals surface area (Å²) in [6.07, 6.45) is 2.42. The lowest BCUT2D eigenvalue weighted by Gasteiger charge is -2.13. The molecule has 1 aliphatic rings. The van der Waals surface area contributed by atoms with Crippen molar-refractivity contribution in [2.45, 2.75) is 6.42 Å². The number of benzene rings is 1. The standard InChI is InChI=1S/C12H12O2/c13-12-6-7-14-9-11(12)8-10-4-2-1-3-5-10/h1-5,8H,6-7,9H2. The average Bonchev–Trinajstić information content (AvgIpc) is 2.23. The molecule has 2 nitrogen and oxygen atoms in total. The SMILES string of the molecule is O=C1CCOCC1=Cc1ccccc1. The largest absolute Gasteiger partial charge is 0.376 e. The quantitative estimate of drug-likeness (QED) is 0.630. The number of ketones is 1. The number of hydrogen-bond acceptors (Lipinski definition) is 2. The Hall–Kier alpha value is -1.41. The summed E-state index contributed by atoms with van der Waals surface area (Å²) in [5.41, 5.74) is 1.84. The summed E-state index contributed by atoms with van der Waals surface area (Å²) >= 11 is 0. The molecule has 0 saturated carbocycles. The van der Waals surface area contributed by atoms with Gasteiger partial charge in [-0.25, -0.2) is 0 Å². The summed E-state index contributed by atoms with van der Waals surface area (Å²) in [5.74, 6) is 0.208. The van der Waals surface area contributed by atoms with Crippen LogP contribution in [0.1, 0.15) is 12.0 Å². The molecule has 1 heterocycles. The monoisotopic (exact) mass is 188 g/mol. The second-order valence-corrected chi connectivity index (χ2v) is 3.31. The van der Waals surface area contributed by atoms with E-state index in [1.54, 1.807) is 0 Å². The molecule has 72 valence electrons. The predicted octanol–water partition coefficient (Wildman–Crippen LogP) is 2.06. The molecular weight excluding hydrogens is 176 g/mol. The molecule has 0 spiro atoms. The maximum absolute atomic E-state index is 11.5. The molecular formula is C12H12O2. The van der Waals surface area contributed by atoms with Crippen LogP contribution < -0.4 is 0 Å². The first-order chi connectivity index (χ1) is 6.86. The molecule has 1 aliphatic heterocycles. The molecule has 0 bridgehead atoms. The molecule has 0 aliphatic carbocycles. The molecule has 0 aromatic heterocycles. The predicted molar refractivity (Wildman–Crippen MR) is 54.9 cm³/mol. The highest BCUT2D eigenvalue weighted by molar-refractivity contribution is 6.00. The van der Waals surface area contributed by atoms with E-state index in [1.165, 1.54) is 0 Å². The van der Waals surface area contributed by atoms with Crippen molar-refractivity contribution < 1.29 is 9.53 Å². The highest BCUT2D eigenvalue weighted by Gasteiger charge is 2.14. The minimum atomic E-state index is 0.208. The van der Waals surface area contributed by atoms with Gasteiger partial charge in [-0.05, 0) is 11.6 Å². The van der Waals surface area contributed by atoms with E-state index >= 15 is 0 Å². The fourth-order valence-electron chi connectivity index (χ4n) is 1.46. The van der Waals surface area contributed by atoms with Crippen LogP contribution in [0.25, 0.3) is 6.08 Å². The lowest BCUT2D eigenvalue weighted by atomic mass is 10.0. The molecule has 2 heteroatoms. The van der Waals surface area contributed by atoms with Crippen molar-refractivity contribution in [1.29, 1.82) is 0 Å². The van der Waals surface area contributed by atoms with Crippen molar-refractivity contribution >= 4 is 11.9 Å². The number of ether oxygens (including phenoxy) is 1. The first kappa shape index (κ1) is 9.16. The summed E-state index contributed by atoms with van der Waals surface area (Å²) < 4.78 is 5.24. The molecule has 1 aromatic rings. The first-order valence-electron chi connectivity index (χ1n) is 4.73. The van der Waals surface area contributed by atoms with E-state index in [4.69, 9.17) is 4.74 Å². The zero-order chi connectivity index (χ0) is 9.80. The van der Waals surface area contributed by atoms with Crippen molar-refractivity contribution in [3.05, 3.63) is 41.5 Å². The highest BCUT2D eigenvalue weighted by atomic mass is 16.5. The normalized spacial score (nSPS) is 20.0. The van der Waals surface area contributed by atoms with Gasteiger partial charge in [0.15, 0.2) is 5.78 Å². The van der Waals surface area contributed by atoms with Crippen LogP contribution in [-0.4, -0.2) is 19.0 Å². The van der Waals surface area contributed by atoms with Crippen LogP contribution in [0, 0.1) is 0 Å². The van der Waals surface area contributed by atoms with Crippen LogP contribution in [0.15, 0.2) is 35.9 Å². The van der Waals surface area contributed by atoms with Crippen molar-refractivity contribution in [3.8, 4) is 0 Å². The summed E-state index contributed by atoms with van der Waals surface area (Å²) in [7, 11) is 0. The summed E-state index contributed by atoms with van der Waals surface area (Å²) in [6, 6.07) is 9.84. The van der Waals surface area contributed by atoms with E-state index in [9.17, 15) is 4.79 Å². The van der Waals surface area contributed by atoms with Gasteiger partial charge in [-0.1, -0.05) is 30.3 Å². The van der Waals surface area contributed by atoms with Crippen molar-refractivity contribution in [2.24, 2.45) is 0 Å². The summed E-state index contributed by atoms with van der Waals surface area (Å²) in [6.45, 7) is 1.01. The fraction of sp³-hybridized carbons (Fsp3) is 0.250. The van der Waals surface area contributed by atoms with Crippen LogP contribution in [0.5, 0.6) is 0 Å². The van der Waals surface area contributed by atoms with Crippen LogP contribution in [0.4, 0.5) is 0 Å². The molecule has 0 unspecified atom stereocenters. The summed E-state index contributed by atoms with van der Waals surface area (Å²) in [4.78, 5) is 11.5. The van der Waals surface area contributed by atoms with E-state index in [2.05, 4.69) is 0 Å². The van der Waals surface area contributed by atoms with E-state index in [1.807, 2.05) is 36.4 Å². The molecule has 14 heavy (non-hydrogen) atoms. The van der Waals surface area contributed by atoms with E-state index < -0.39 is 0 Å². The molecule has 0 atom stereocenters. The van der Waals surface area contributed by atoms with Crippen molar-refractivity contribution in [1.82, 2.24) is 0 Å². The molecule has 0 radical (unpaired) electrons. The Morgan fingerprint density at radius 1 is 1.21 bits per heavy atom. The number of hydrogen-bond donors (Lipinski definition) is 0. The van der Waals surface area contributed by atoms with Crippen molar-refractivity contribution in [2.75, 3.05) is 13.2 Å². The summed E-state index contributed by atoms with van der Waals surface area (Å²) in [5, 5.41) is 0. The van der Waals surface area contributed by atoms with Crippen molar-refractivity contribution in [3.63, 3.8) is 0 Å². The average molecular weight is 188 g/mol. The van der Waals surface area contributed by atoms with Gasteiger partial charge in [0, 0.05) is 12.0 Å². The topological polar surface area (TPSA) is 26.3 Å². The molecule has 1 fully saturated rings. The Morgan fingerprint density at radius 3 is 2.71 bits per heavy atom. The van der Waals surface area contributed by atoms with Gasteiger partial charge in [-0.2, -0.15) is 0 Å². The number of carbonyl (C=O) groups is 1. The molecule has 2 rings (SSSR count). The molecule has 0 N–H and O–H groups in total. The Labute approximate surface area is 83.2 Å². The Balaban J connectivity index is 2.21. The van der Waals surface area contributed by atoms with Crippen LogP contribution in [0.3, 0.4) is 0 Å².